The van der Waals surface area contributed by atoms with E-state index in [2.05, 4.69) is 15.1 Å². The van der Waals surface area contributed by atoms with Crippen LogP contribution in [0.2, 0.25) is 10.0 Å². The van der Waals surface area contributed by atoms with Gasteiger partial charge in [-0.2, -0.15) is 5.10 Å². The Morgan fingerprint density at radius 2 is 1.79 bits per heavy atom. The highest BCUT2D eigenvalue weighted by molar-refractivity contribution is 6.37. The van der Waals surface area contributed by atoms with Crippen LogP contribution in [0, 0.1) is 0 Å². The van der Waals surface area contributed by atoms with Crippen molar-refractivity contribution >= 4 is 39.9 Å². The first-order chi connectivity index (χ1) is 13.5. The molecule has 0 radical (unpaired) electrons. The average molecular weight is 414 g/mol. The number of halogens is 2. The fourth-order valence-corrected chi connectivity index (χ4v) is 3.70. The monoisotopic (exact) mass is 413 g/mol. The summed E-state index contributed by atoms with van der Waals surface area (Å²) in [5.74, 6) is 0.522. The summed E-state index contributed by atoms with van der Waals surface area (Å²) in [6.45, 7) is 1.93. The maximum absolute atomic E-state index is 12.8. The number of hydrogen-bond acceptors (Lipinski definition) is 4. The number of nitrogens with zero attached hydrogens (tertiary/aromatic N) is 3. The smallest absolute Gasteiger partial charge is 0.262 e. The molecule has 8 heteroatoms. The summed E-state index contributed by atoms with van der Waals surface area (Å²) in [6, 6.07) is 12.6. The van der Waals surface area contributed by atoms with Gasteiger partial charge in [-0.05, 0) is 36.2 Å². The molecule has 142 valence electrons. The number of fused-ring (bicyclic) bond motifs is 1. The maximum atomic E-state index is 12.8. The first-order valence-electron chi connectivity index (χ1n) is 8.77. The number of H-pyrrole nitrogens is 1. The Kier molecular flexibility index (Phi) is 4.83. The largest absolute Gasteiger partial charge is 0.399 e. The van der Waals surface area contributed by atoms with E-state index in [1.54, 1.807) is 22.9 Å². The van der Waals surface area contributed by atoms with Crippen LogP contribution in [-0.4, -0.2) is 19.7 Å². The van der Waals surface area contributed by atoms with Crippen molar-refractivity contribution in [2.75, 3.05) is 5.73 Å². The van der Waals surface area contributed by atoms with E-state index in [9.17, 15) is 4.79 Å². The molecule has 0 saturated carbocycles. The molecule has 0 fully saturated rings. The van der Waals surface area contributed by atoms with Gasteiger partial charge in [0.05, 0.1) is 15.7 Å². The lowest BCUT2D eigenvalue weighted by atomic mass is 10.1. The third kappa shape index (κ3) is 3.25. The van der Waals surface area contributed by atoms with E-state index < -0.39 is 0 Å². The number of aryl methyl sites for hydroxylation is 1. The van der Waals surface area contributed by atoms with Gasteiger partial charge in [-0.15, -0.1) is 0 Å². The summed E-state index contributed by atoms with van der Waals surface area (Å²) >= 11 is 12.7. The van der Waals surface area contributed by atoms with Crippen LogP contribution in [0.3, 0.4) is 0 Å². The molecule has 28 heavy (non-hydrogen) atoms. The summed E-state index contributed by atoms with van der Waals surface area (Å²) in [6.07, 6.45) is 1.03. The van der Waals surface area contributed by atoms with Crippen molar-refractivity contribution in [1.29, 1.82) is 0 Å². The number of benzene rings is 2. The van der Waals surface area contributed by atoms with Gasteiger partial charge in [-0.25, -0.2) is 9.67 Å². The lowest BCUT2D eigenvalue weighted by Crippen LogP contribution is -2.13. The van der Waals surface area contributed by atoms with Gasteiger partial charge in [0, 0.05) is 12.1 Å². The lowest BCUT2D eigenvalue weighted by molar-refractivity contribution is 0.848. The quantitative estimate of drug-likeness (QED) is 0.491. The highest BCUT2D eigenvalue weighted by atomic mass is 35.5. The van der Waals surface area contributed by atoms with E-state index in [4.69, 9.17) is 28.9 Å². The SMILES string of the molecule is CCc1nn(-c2c(Cl)cccc2Cl)c2nc(Cc3ccc(N)cc3)[nH]c(=O)c12. The van der Waals surface area contributed by atoms with E-state index in [0.717, 1.165) is 5.56 Å². The van der Waals surface area contributed by atoms with Crippen LogP contribution >= 0.6 is 23.2 Å². The molecular formula is C20H17Cl2N5O. The highest BCUT2D eigenvalue weighted by Crippen LogP contribution is 2.30. The summed E-state index contributed by atoms with van der Waals surface area (Å²) in [7, 11) is 0. The minimum absolute atomic E-state index is 0.235. The van der Waals surface area contributed by atoms with Gasteiger partial charge >= 0.3 is 0 Å². The van der Waals surface area contributed by atoms with Crippen molar-refractivity contribution < 1.29 is 0 Å². The third-order valence-corrected chi connectivity index (χ3v) is 5.10. The molecule has 0 amide bonds. The zero-order chi connectivity index (χ0) is 19.8. The van der Waals surface area contributed by atoms with Crippen LogP contribution in [-0.2, 0) is 12.8 Å². The highest BCUT2D eigenvalue weighted by Gasteiger charge is 2.20. The number of nitrogen functional groups attached to an aromatic ring is 1. The second-order valence-electron chi connectivity index (χ2n) is 6.41. The Hall–Kier alpha value is -2.83. The van der Waals surface area contributed by atoms with Crippen molar-refractivity contribution in [3.63, 3.8) is 0 Å². The number of nitrogens with two attached hydrogens (primary N) is 1. The molecule has 0 aliphatic rings. The van der Waals surface area contributed by atoms with E-state index in [1.165, 1.54) is 0 Å². The van der Waals surface area contributed by atoms with Gasteiger partial charge < -0.3 is 10.7 Å². The van der Waals surface area contributed by atoms with Crippen LogP contribution in [0.25, 0.3) is 16.7 Å². The molecule has 2 heterocycles. The molecule has 0 aliphatic heterocycles. The van der Waals surface area contributed by atoms with Crippen LogP contribution in [0.4, 0.5) is 5.69 Å². The zero-order valence-corrected chi connectivity index (χ0v) is 16.6. The molecule has 3 N–H and O–H groups in total. The Morgan fingerprint density at radius 3 is 2.43 bits per heavy atom. The number of aromatic nitrogens is 4. The van der Waals surface area contributed by atoms with Gasteiger partial charge in [0.15, 0.2) is 5.65 Å². The van der Waals surface area contributed by atoms with Gasteiger partial charge in [0.2, 0.25) is 0 Å². The Morgan fingerprint density at radius 1 is 1.11 bits per heavy atom. The van der Waals surface area contributed by atoms with Crippen molar-refractivity contribution in [1.82, 2.24) is 19.7 Å². The number of hydrogen-bond donors (Lipinski definition) is 2. The van der Waals surface area contributed by atoms with Gasteiger partial charge in [-0.1, -0.05) is 48.3 Å². The molecule has 4 rings (SSSR count). The number of anilines is 1. The van der Waals surface area contributed by atoms with Crippen LogP contribution in [0.1, 0.15) is 24.0 Å². The number of para-hydroxylation sites is 1. The van der Waals surface area contributed by atoms with Crippen molar-refractivity contribution in [3.05, 3.63) is 79.9 Å². The molecule has 0 saturated heterocycles. The van der Waals surface area contributed by atoms with Crippen molar-refractivity contribution in [2.24, 2.45) is 0 Å². The van der Waals surface area contributed by atoms with Crippen molar-refractivity contribution in [2.45, 2.75) is 19.8 Å². The van der Waals surface area contributed by atoms with E-state index >= 15 is 0 Å². The molecule has 0 bridgehead atoms. The Labute approximate surface area is 170 Å². The molecule has 0 aliphatic carbocycles. The first kappa shape index (κ1) is 18.5. The number of aromatic amines is 1. The molecule has 0 spiro atoms. The molecular weight excluding hydrogens is 397 g/mol. The zero-order valence-electron chi connectivity index (χ0n) is 15.0. The number of nitrogens with one attached hydrogen (secondary N) is 1. The van der Waals surface area contributed by atoms with E-state index in [1.807, 2.05) is 31.2 Å². The predicted octanol–water partition coefficient (Wildman–Crippen LogP) is 4.15. The Balaban J connectivity index is 1.92. The second kappa shape index (κ2) is 7.30. The summed E-state index contributed by atoms with van der Waals surface area (Å²) in [5, 5.41) is 5.88. The minimum atomic E-state index is -0.235. The normalized spacial score (nSPS) is 11.2. The van der Waals surface area contributed by atoms with E-state index in [-0.39, 0.29) is 5.56 Å². The lowest BCUT2D eigenvalue weighted by Gasteiger charge is -2.08. The fourth-order valence-electron chi connectivity index (χ4n) is 3.15. The summed E-state index contributed by atoms with van der Waals surface area (Å²) < 4.78 is 1.56. The topological polar surface area (TPSA) is 89.6 Å². The minimum Gasteiger partial charge on any atom is -0.399 e. The number of rotatable bonds is 4. The molecule has 2 aromatic heterocycles. The van der Waals surface area contributed by atoms with Crippen LogP contribution in [0.15, 0.2) is 47.3 Å². The third-order valence-electron chi connectivity index (χ3n) is 4.49. The average Bonchev–Trinajstić information content (AvgIpc) is 3.02. The maximum Gasteiger partial charge on any atom is 0.262 e. The standard InChI is InChI=1S/C20H17Cl2N5O/c1-2-15-17-19(27(26-15)18-13(21)4-3-5-14(18)22)24-16(25-20(17)28)10-11-6-8-12(23)9-7-11/h3-9H,2,10,23H2,1H3,(H,24,25,28). The Bertz CT molecular complexity index is 1210. The summed E-state index contributed by atoms with van der Waals surface area (Å²) in [4.78, 5) is 20.3. The first-order valence-corrected chi connectivity index (χ1v) is 9.53. The summed E-state index contributed by atoms with van der Waals surface area (Å²) in [5.41, 5.74) is 8.74. The predicted molar refractivity (Wildman–Crippen MR) is 113 cm³/mol. The second-order valence-corrected chi connectivity index (χ2v) is 7.23. The molecule has 0 unspecified atom stereocenters. The molecule has 6 nitrogen and oxygen atoms in total. The van der Waals surface area contributed by atoms with Crippen molar-refractivity contribution in [3.8, 4) is 5.69 Å². The van der Waals surface area contributed by atoms with Gasteiger partial charge in [-0.3, -0.25) is 4.79 Å². The van der Waals surface area contributed by atoms with Gasteiger partial charge in [0.25, 0.3) is 5.56 Å². The van der Waals surface area contributed by atoms with Gasteiger partial charge in [0.1, 0.15) is 16.9 Å². The van der Waals surface area contributed by atoms with E-state index in [0.29, 0.717) is 56.8 Å². The van der Waals surface area contributed by atoms with Crippen LogP contribution < -0.4 is 11.3 Å². The molecule has 2 aromatic carbocycles. The molecule has 4 aromatic rings. The fraction of sp³-hybridized carbons (Fsp3) is 0.150. The molecule has 0 atom stereocenters. The van der Waals surface area contributed by atoms with Crippen LogP contribution in [0.5, 0.6) is 0 Å².